The molecule has 0 aliphatic rings. The summed E-state index contributed by atoms with van der Waals surface area (Å²) in [5, 5.41) is 12.8. The van der Waals surface area contributed by atoms with E-state index in [1.807, 2.05) is 24.1 Å². The average Bonchev–Trinajstić information content (AvgIpc) is 2.73. The Bertz CT molecular complexity index is 937. The average molecular weight is 430 g/mol. The highest BCUT2D eigenvalue weighted by Crippen LogP contribution is 2.12. The van der Waals surface area contributed by atoms with Gasteiger partial charge >= 0.3 is 0 Å². The topological polar surface area (TPSA) is 74.2 Å². The molecular weight excluding hydrogens is 405 g/mol. The monoisotopic (exact) mass is 429 g/mol. The fraction of sp³-hybridized carbons (Fsp3) is 0.318. The SMILES string of the molecule is CN(CCCc1ccc(F)cc1)c1nc(Cl)nc(CNCCc2ccc(O)cc2)n1. The van der Waals surface area contributed by atoms with Gasteiger partial charge in [0, 0.05) is 13.6 Å². The van der Waals surface area contributed by atoms with Crippen molar-refractivity contribution in [2.24, 2.45) is 0 Å². The van der Waals surface area contributed by atoms with Gasteiger partial charge in [-0.05, 0) is 72.8 Å². The highest BCUT2D eigenvalue weighted by atomic mass is 35.5. The Morgan fingerprint density at radius 3 is 2.37 bits per heavy atom. The Labute approximate surface area is 180 Å². The summed E-state index contributed by atoms with van der Waals surface area (Å²) in [5.74, 6) is 1.16. The van der Waals surface area contributed by atoms with Crippen molar-refractivity contribution in [3.63, 3.8) is 0 Å². The lowest BCUT2D eigenvalue weighted by Gasteiger charge is -2.17. The number of nitrogens with one attached hydrogen (secondary N) is 1. The second-order valence-corrected chi connectivity index (χ2v) is 7.40. The van der Waals surface area contributed by atoms with E-state index < -0.39 is 0 Å². The third-order valence-electron chi connectivity index (χ3n) is 4.67. The number of hydrogen-bond acceptors (Lipinski definition) is 6. The Morgan fingerprint density at radius 1 is 0.967 bits per heavy atom. The second kappa shape index (κ2) is 10.8. The summed E-state index contributed by atoms with van der Waals surface area (Å²) >= 11 is 6.09. The van der Waals surface area contributed by atoms with Crippen LogP contribution in [-0.4, -0.2) is 40.2 Å². The molecule has 6 nitrogen and oxygen atoms in total. The Kier molecular flexibility index (Phi) is 7.93. The number of anilines is 1. The van der Waals surface area contributed by atoms with Gasteiger partial charge in [-0.25, -0.2) is 9.37 Å². The van der Waals surface area contributed by atoms with Gasteiger partial charge in [0.15, 0.2) is 0 Å². The van der Waals surface area contributed by atoms with E-state index >= 15 is 0 Å². The first-order chi connectivity index (χ1) is 14.5. The number of aryl methyl sites for hydroxylation is 1. The molecule has 3 rings (SSSR count). The van der Waals surface area contributed by atoms with Gasteiger partial charge in [-0.1, -0.05) is 24.3 Å². The van der Waals surface area contributed by atoms with E-state index in [0.717, 1.165) is 43.5 Å². The van der Waals surface area contributed by atoms with Crippen LogP contribution < -0.4 is 10.2 Å². The van der Waals surface area contributed by atoms with Gasteiger partial charge in [0.1, 0.15) is 17.4 Å². The Balaban J connectivity index is 1.47. The summed E-state index contributed by atoms with van der Waals surface area (Å²) < 4.78 is 13.0. The lowest BCUT2D eigenvalue weighted by molar-refractivity contribution is 0.475. The quantitative estimate of drug-likeness (QED) is 0.478. The molecule has 158 valence electrons. The van der Waals surface area contributed by atoms with Crippen LogP contribution in [0.1, 0.15) is 23.4 Å². The summed E-state index contributed by atoms with van der Waals surface area (Å²) in [6.45, 7) is 1.97. The molecule has 8 heteroatoms. The standard InChI is InChI=1S/C22H25ClFN5O/c1-29(14-2-3-16-4-8-18(24)9-5-16)22-27-20(26-21(23)28-22)15-25-13-12-17-6-10-19(30)11-7-17/h4-11,25,30H,2-3,12-15H2,1H3. The first-order valence-corrected chi connectivity index (χ1v) is 10.2. The van der Waals surface area contributed by atoms with Crippen LogP contribution in [0.5, 0.6) is 5.75 Å². The molecule has 0 unspecified atom stereocenters. The molecule has 0 aliphatic carbocycles. The van der Waals surface area contributed by atoms with E-state index in [1.165, 1.54) is 12.1 Å². The van der Waals surface area contributed by atoms with Crippen LogP contribution in [0.4, 0.5) is 10.3 Å². The van der Waals surface area contributed by atoms with Gasteiger partial charge in [-0.3, -0.25) is 0 Å². The molecule has 3 aromatic rings. The number of phenols is 1. The van der Waals surface area contributed by atoms with Crippen LogP contribution in [0.25, 0.3) is 0 Å². The fourth-order valence-corrected chi connectivity index (χ4v) is 3.17. The summed E-state index contributed by atoms with van der Waals surface area (Å²) in [5.41, 5.74) is 2.23. The third-order valence-corrected chi connectivity index (χ3v) is 4.84. The predicted octanol–water partition coefficient (Wildman–Crippen LogP) is 3.77. The molecule has 0 fully saturated rings. The maximum Gasteiger partial charge on any atom is 0.229 e. The maximum absolute atomic E-state index is 13.0. The molecule has 2 aromatic carbocycles. The van der Waals surface area contributed by atoms with Crippen molar-refractivity contribution >= 4 is 17.5 Å². The van der Waals surface area contributed by atoms with Crippen molar-refractivity contribution < 1.29 is 9.50 Å². The molecule has 0 saturated heterocycles. The number of benzene rings is 2. The van der Waals surface area contributed by atoms with Crippen LogP contribution in [0.15, 0.2) is 48.5 Å². The fourth-order valence-electron chi connectivity index (χ4n) is 3.00. The molecule has 0 bridgehead atoms. The van der Waals surface area contributed by atoms with Gasteiger partial charge in [0.2, 0.25) is 11.2 Å². The minimum atomic E-state index is -0.222. The van der Waals surface area contributed by atoms with Crippen LogP contribution in [0.3, 0.4) is 0 Å². The zero-order chi connectivity index (χ0) is 21.3. The molecule has 0 atom stereocenters. The van der Waals surface area contributed by atoms with E-state index in [-0.39, 0.29) is 16.9 Å². The maximum atomic E-state index is 13.0. The second-order valence-electron chi connectivity index (χ2n) is 7.07. The van der Waals surface area contributed by atoms with Crippen molar-refractivity contribution in [2.75, 3.05) is 25.0 Å². The Hall–Kier alpha value is -2.77. The molecule has 1 aromatic heterocycles. The van der Waals surface area contributed by atoms with Crippen molar-refractivity contribution in [3.8, 4) is 5.75 Å². The van der Waals surface area contributed by atoms with Crippen molar-refractivity contribution in [3.05, 3.63) is 76.6 Å². The zero-order valence-electron chi connectivity index (χ0n) is 16.9. The lowest BCUT2D eigenvalue weighted by Crippen LogP contribution is -2.24. The molecule has 30 heavy (non-hydrogen) atoms. The van der Waals surface area contributed by atoms with Gasteiger partial charge in [0.05, 0.1) is 6.54 Å². The molecule has 1 heterocycles. The molecule has 0 radical (unpaired) electrons. The molecule has 0 saturated carbocycles. The molecular formula is C22H25ClFN5O. The minimum Gasteiger partial charge on any atom is -0.508 e. The van der Waals surface area contributed by atoms with E-state index in [2.05, 4.69) is 20.3 Å². The van der Waals surface area contributed by atoms with E-state index in [9.17, 15) is 9.50 Å². The van der Waals surface area contributed by atoms with Crippen LogP contribution in [0, 0.1) is 5.82 Å². The van der Waals surface area contributed by atoms with E-state index in [1.54, 1.807) is 24.3 Å². The van der Waals surface area contributed by atoms with Gasteiger partial charge < -0.3 is 15.3 Å². The number of halogens is 2. The number of hydrogen-bond donors (Lipinski definition) is 2. The normalized spacial score (nSPS) is 10.9. The zero-order valence-corrected chi connectivity index (χ0v) is 17.6. The third kappa shape index (κ3) is 6.93. The van der Waals surface area contributed by atoms with Crippen LogP contribution in [0.2, 0.25) is 5.28 Å². The summed E-state index contributed by atoms with van der Waals surface area (Å²) in [4.78, 5) is 14.9. The summed E-state index contributed by atoms with van der Waals surface area (Å²) in [6.07, 6.45) is 2.55. The predicted molar refractivity (Wildman–Crippen MR) is 116 cm³/mol. The van der Waals surface area contributed by atoms with Crippen LogP contribution in [-0.2, 0) is 19.4 Å². The van der Waals surface area contributed by atoms with Crippen LogP contribution >= 0.6 is 11.6 Å². The van der Waals surface area contributed by atoms with Gasteiger partial charge in [-0.15, -0.1) is 0 Å². The van der Waals surface area contributed by atoms with Crippen molar-refractivity contribution in [2.45, 2.75) is 25.8 Å². The van der Waals surface area contributed by atoms with Gasteiger partial charge in [-0.2, -0.15) is 9.97 Å². The van der Waals surface area contributed by atoms with Crippen molar-refractivity contribution in [1.82, 2.24) is 20.3 Å². The summed E-state index contributed by atoms with van der Waals surface area (Å²) in [6, 6.07) is 13.7. The first kappa shape index (κ1) is 21.9. The summed E-state index contributed by atoms with van der Waals surface area (Å²) in [7, 11) is 1.92. The van der Waals surface area contributed by atoms with Crippen molar-refractivity contribution in [1.29, 1.82) is 0 Å². The van der Waals surface area contributed by atoms with Gasteiger partial charge in [0.25, 0.3) is 0 Å². The number of aromatic nitrogens is 3. The first-order valence-electron chi connectivity index (χ1n) is 9.84. The number of nitrogens with zero attached hydrogens (tertiary/aromatic N) is 4. The number of phenolic OH excluding ortho intramolecular Hbond substituents is 1. The lowest BCUT2D eigenvalue weighted by atomic mass is 10.1. The minimum absolute atomic E-state index is 0.167. The number of rotatable bonds is 10. The highest BCUT2D eigenvalue weighted by Gasteiger charge is 2.09. The smallest absolute Gasteiger partial charge is 0.229 e. The molecule has 0 spiro atoms. The van der Waals surface area contributed by atoms with E-state index in [4.69, 9.17) is 11.6 Å². The van der Waals surface area contributed by atoms with E-state index in [0.29, 0.717) is 18.3 Å². The molecule has 0 aliphatic heterocycles. The molecule has 0 amide bonds. The number of aromatic hydroxyl groups is 1. The Morgan fingerprint density at radius 2 is 1.63 bits per heavy atom. The molecule has 2 N–H and O–H groups in total. The highest BCUT2D eigenvalue weighted by molar-refractivity contribution is 6.28. The largest absolute Gasteiger partial charge is 0.508 e.